The van der Waals surface area contributed by atoms with Crippen LogP contribution < -0.4 is 10.2 Å². The van der Waals surface area contributed by atoms with Crippen LogP contribution in [-0.4, -0.2) is 43.1 Å². The molecule has 7 heteroatoms. The van der Waals surface area contributed by atoms with E-state index in [-0.39, 0.29) is 11.7 Å². The Bertz CT molecular complexity index is 795. The van der Waals surface area contributed by atoms with Gasteiger partial charge in [-0.3, -0.25) is 4.79 Å². The first-order valence-corrected chi connectivity index (χ1v) is 10.8. The number of ether oxygens (including phenoxy) is 1. The van der Waals surface area contributed by atoms with E-state index in [1.54, 1.807) is 11.8 Å². The summed E-state index contributed by atoms with van der Waals surface area (Å²) >= 11 is 7.67. The number of carboxylic acid groups (broad SMARTS) is 1. The molecule has 28 heavy (non-hydrogen) atoms. The number of anilines is 3. The van der Waals surface area contributed by atoms with Gasteiger partial charge in [-0.1, -0.05) is 24.6 Å². The lowest BCUT2D eigenvalue weighted by atomic mass is 10.1. The van der Waals surface area contributed by atoms with Crippen molar-refractivity contribution in [1.82, 2.24) is 0 Å². The minimum Gasteiger partial charge on any atom is -0.481 e. The van der Waals surface area contributed by atoms with E-state index in [1.165, 1.54) is 0 Å². The number of nitrogens with one attached hydrogen (secondary N) is 1. The van der Waals surface area contributed by atoms with Gasteiger partial charge in [-0.15, -0.1) is 0 Å². The third-order valence-electron chi connectivity index (χ3n) is 4.60. The van der Waals surface area contributed by atoms with E-state index in [0.29, 0.717) is 18.2 Å². The van der Waals surface area contributed by atoms with Crippen LogP contribution in [0.4, 0.5) is 17.1 Å². The van der Waals surface area contributed by atoms with E-state index in [0.717, 1.165) is 41.5 Å². The molecular formula is C21H25ClN2O3S. The molecule has 2 aromatic rings. The van der Waals surface area contributed by atoms with Gasteiger partial charge in [-0.25, -0.2) is 0 Å². The fourth-order valence-corrected chi connectivity index (χ4v) is 4.38. The SMILES string of the molecule is CCSC(CC(=O)O)c1ccc(N2CCOCC2)c(Nc2ccc(Cl)cc2)c1. The fraction of sp³-hybridized carbons (Fsp3) is 0.381. The number of carbonyl (C=O) groups is 1. The molecule has 0 bridgehead atoms. The van der Waals surface area contributed by atoms with Crippen molar-refractivity contribution >= 4 is 46.4 Å². The number of halogens is 1. The monoisotopic (exact) mass is 420 g/mol. The minimum absolute atomic E-state index is 0.0768. The number of rotatable bonds is 8. The number of carboxylic acids is 1. The summed E-state index contributed by atoms with van der Waals surface area (Å²) in [4.78, 5) is 13.6. The minimum atomic E-state index is -0.782. The lowest BCUT2D eigenvalue weighted by Crippen LogP contribution is -2.36. The van der Waals surface area contributed by atoms with E-state index >= 15 is 0 Å². The van der Waals surface area contributed by atoms with Crippen molar-refractivity contribution in [2.24, 2.45) is 0 Å². The Morgan fingerprint density at radius 3 is 2.61 bits per heavy atom. The second kappa shape index (κ2) is 10.0. The maximum absolute atomic E-state index is 11.3. The zero-order chi connectivity index (χ0) is 19.9. The molecule has 1 aliphatic rings. The molecule has 1 saturated heterocycles. The first-order valence-electron chi connectivity index (χ1n) is 9.39. The molecule has 0 aliphatic carbocycles. The van der Waals surface area contributed by atoms with E-state index in [4.69, 9.17) is 16.3 Å². The topological polar surface area (TPSA) is 61.8 Å². The zero-order valence-corrected chi connectivity index (χ0v) is 17.4. The molecule has 1 unspecified atom stereocenters. The number of hydrogen-bond acceptors (Lipinski definition) is 5. The molecule has 1 heterocycles. The molecular weight excluding hydrogens is 396 g/mol. The van der Waals surface area contributed by atoms with Crippen molar-refractivity contribution in [3.63, 3.8) is 0 Å². The Morgan fingerprint density at radius 1 is 1.25 bits per heavy atom. The molecule has 0 saturated carbocycles. The lowest BCUT2D eigenvalue weighted by Gasteiger charge is -2.31. The van der Waals surface area contributed by atoms with Gasteiger partial charge in [0.05, 0.1) is 31.0 Å². The van der Waals surface area contributed by atoms with Gasteiger partial charge in [0.25, 0.3) is 0 Å². The van der Waals surface area contributed by atoms with Gasteiger partial charge < -0.3 is 20.1 Å². The van der Waals surface area contributed by atoms with Crippen LogP contribution in [0.15, 0.2) is 42.5 Å². The van der Waals surface area contributed by atoms with Crippen molar-refractivity contribution < 1.29 is 14.6 Å². The molecule has 0 spiro atoms. The molecule has 0 radical (unpaired) electrons. The third kappa shape index (κ3) is 5.56. The normalized spacial score (nSPS) is 15.3. The molecule has 1 fully saturated rings. The summed E-state index contributed by atoms with van der Waals surface area (Å²) in [6, 6.07) is 13.8. The highest BCUT2D eigenvalue weighted by Gasteiger charge is 2.20. The number of nitrogens with zero attached hydrogens (tertiary/aromatic N) is 1. The van der Waals surface area contributed by atoms with E-state index in [9.17, 15) is 9.90 Å². The average molecular weight is 421 g/mol. The summed E-state index contributed by atoms with van der Waals surface area (Å²) in [5.41, 5.74) is 4.02. The molecule has 3 rings (SSSR count). The standard InChI is InChI=1S/C21H25ClN2O3S/c1-2-28-20(14-21(25)26)15-3-8-19(24-9-11-27-12-10-24)18(13-15)23-17-6-4-16(22)5-7-17/h3-8,13,20,23H,2,9-12,14H2,1H3,(H,25,26). The number of aliphatic carboxylic acids is 1. The third-order valence-corrected chi connectivity index (χ3v) is 6.02. The zero-order valence-electron chi connectivity index (χ0n) is 15.9. The molecule has 150 valence electrons. The highest BCUT2D eigenvalue weighted by molar-refractivity contribution is 7.99. The molecule has 0 amide bonds. The van der Waals surface area contributed by atoms with Crippen molar-refractivity contribution in [1.29, 1.82) is 0 Å². The highest BCUT2D eigenvalue weighted by Crippen LogP contribution is 2.38. The number of hydrogen-bond donors (Lipinski definition) is 2. The van der Waals surface area contributed by atoms with Crippen LogP contribution in [0.1, 0.15) is 24.2 Å². The largest absolute Gasteiger partial charge is 0.481 e. The Hall–Kier alpha value is -1.89. The Labute approximate surface area is 175 Å². The summed E-state index contributed by atoms with van der Waals surface area (Å²) in [6.07, 6.45) is 0.107. The predicted molar refractivity (Wildman–Crippen MR) is 117 cm³/mol. The van der Waals surface area contributed by atoms with Crippen molar-refractivity contribution in [2.75, 3.05) is 42.3 Å². The van der Waals surface area contributed by atoms with Gasteiger partial charge in [0.2, 0.25) is 0 Å². The van der Waals surface area contributed by atoms with Crippen molar-refractivity contribution in [3.8, 4) is 0 Å². The summed E-state index contributed by atoms with van der Waals surface area (Å²) in [5.74, 6) is 0.0822. The van der Waals surface area contributed by atoms with Gasteiger partial charge in [0, 0.05) is 29.0 Å². The van der Waals surface area contributed by atoms with E-state index < -0.39 is 5.97 Å². The Balaban J connectivity index is 1.94. The van der Waals surface area contributed by atoms with Crippen LogP contribution in [0.5, 0.6) is 0 Å². The molecule has 0 aromatic heterocycles. The second-order valence-corrected chi connectivity index (χ2v) is 8.47. The number of thioether (sulfide) groups is 1. The van der Waals surface area contributed by atoms with Crippen molar-refractivity contribution in [2.45, 2.75) is 18.6 Å². The lowest BCUT2D eigenvalue weighted by molar-refractivity contribution is -0.137. The average Bonchev–Trinajstić information content (AvgIpc) is 2.70. The van der Waals surface area contributed by atoms with Crippen LogP contribution in [0.2, 0.25) is 5.02 Å². The quantitative estimate of drug-likeness (QED) is 0.612. The maximum atomic E-state index is 11.3. The molecule has 1 aliphatic heterocycles. The smallest absolute Gasteiger partial charge is 0.304 e. The Morgan fingerprint density at radius 2 is 1.96 bits per heavy atom. The van der Waals surface area contributed by atoms with Gasteiger partial charge in [-0.05, 0) is 47.7 Å². The first kappa shape index (κ1) is 20.8. The van der Waals surface area contributed by atoms with Crippen LogP contribution in [0.25, 0.3) is 0 Å². The van der Waals surface area contributed by atoms with E-state index in [1.807, 2.05) is 30.3 Å². The predicted octanol–water partition coefficient (Wildman–Crippen LogP) is 5.19. The second-order valence-electron chi connectivity index (χ2n) is 6.55. The summed E-state index contributed by atoms with van der Waals surface area (Å²) in [6.45, 7) is 5.12. The summed E-state index contributed by atoms with van der Waals surface area (Å²) < 4.78 is 5.48. The molecule has 1 atom stereocenters. The number of morpholine rings is 1. The highest BCUT2D eigenvalue weighted by atomic mass is 35.5. The van der Waals surface area contributed by atoms with Crippen molar-refractivity contribution in [3.05, 3.63) is 53.1 Å². The maximum Gasteiger partial charge on any atom is 0.304 e. The van der Waals surface area contributed by atoms with Crippen LogP contribution in [0.3, 0.4) is 0 Å². The Kier molecular flexibility index (Phi) is 7.48. The number of benzene rings is 2. The van der Waals surface area contributed by atoms with Gasteiger partial charge in [0.15, 0.2) is 0 Å². The fourth-order valence-electron chi connectivity index (χ4n) is 3.26. The first-order chi connectivity index (χ1) is 13.6. The molecule has 2 aromatic carbocycles. The van der Waals surface area contributed by atoms with Crippen LogP contribution in [-0.2, 0) is 9.53 Å². The van der Waals surface area contributed by atoms with Gasteiger partial charge in [0.1, 0.15) is 0 Å². The molecule has 5 nitrogen and oxygen atoms in total. The summed E-state index contributed by atoms with van der Waals surface area (Å²) in [7, 11) is 0. The van der Waals surface area contributed by atoms with Gasteiger partial charge >= 0.3 is 5.97 Å². The van der Waals surface area contributed by atoms with E-state index in [2.05, 4.69) is 29.3 Å². The van der Waals surface area contributed by atoms with Gasteiger partial charge in [-0.2, -0.15) is 11.8 Å². The summed E-state index contributed by atoms with van der Waals surface area (Å²) in [5, 5.41) is 13.4. The van der Waals surface area contributed by atoms with Crippen LogP contribution in [0, 0.1) is 0 Å². The molecule has 2 N–H and O–H groups in total. The van der Waals surface area contributed by atoms with Crippen LogP contribution >= 0.6 is 23.4 Å².